The SMILES string of the molecule is CC(O/N=C(\C(=O)O)c1csc(NC=O)n1)C(=O)OC(C)(C)C. The summed E-state index contributed by atoms with van der Waals surface area (Å²) in [6.45, 7) is 6.47. The Balaban J connectivity index is 2.84. The summed E-state index contributed by atoms with van der Waals surface area (Å²) in [5.74, 6) is -2.06. The molecule has 0 aromatic carbocycles. The summed E-state index contributed by atoms with van der Waals surface area (Å²) in [5.41, 5.74) is -1.18. The number of amides is 1. The summed E-state index contributed by atoms with van der Waals surface area (Å²) < 4.78 is 5.09. The Kier molecular flexibility index (Phi) is 6.19. The van der Waals surface area contributed by atoms with Crippen molar-refractivity contribution >= 4 is 40.5 Å². The van der Waals surface area contributed by atoms with Crippen molar-refractivity contribution in [2.75, 3.05) is 5.32 Å². The van der Waals surface area contributed by atoms with E-state index in [-0.39, 0.29) is 10.8 Å². The fourth-order valence-electron chi connectivity index (χ4n) is 1.25. The first-order chi connectivity index (χ1) is 10.6. The molecule has 0 saturated carbocycles. The van der Waals surface area contributed by atoms with E-state index < -0.39 is 29.4 Å². The maximum atomic E-state index is 11.7. The number of aliphatic carboxylic acids is 1. The number of hydrogen-bond acceptors (Lipinski definition) is 8. The van der Waals surface area contributed by atoms with Crippen LogP contribution in [0.1, 0.15) is 33.4 Å². The quantitative estimate of drug-likeness (QED) is 0.330. The number of aromatic nitrogens is 1. The number of oxime groups is 1. The molecule has 0 fully saturated rings. The molecule has 1 unspecified atom stereocenters. The van der Waals surface area contributed by atoms with E-state index in [2.05, 4.69) is 15.5 Å². The number of carboxylic acid groups (broad SMARTS) is 1. The van der Waals surface area contributed by atoms with Crippen LogP contribution in [-0.4, -0.2) is 45.9 Å². The number of carbonyl (C=O) groups is 3. The second-order valence-corrected chi connectivity index (χ2v) is 6.18. The topological polar surface area (TPSA) is 127 Å². The third-order valence-corrected chi connectivity index (χ3v) is 2.95. The van der Waals surface area contributed by atoms with E-state index >= 15 is 0 Å². The van der Waals surface area contributed by atoms with Gasteiger partial charge in [-0.25, -0.2) is 14.6 Å². The Hall–Kier alpha value is -2.49. The number of nitrogens with zero attached hydrogens (tertiary/aromatic N) is 2. The van der Waals surface area contributed by atoms with Gasteiger partial charge in [-0.3, -0.25) is 4.79 Å². The lowest BCUT2D eigenvalue weighted by Gasteiger charge is -2.21. The van der Waals surface area contributed by atoms with Gasteiger partial charge in [0.25, 0.3) is 0 Å². The number of esters is 1. The molecule has 1 aromatic rings. The van der Waals surface area contributed by atoms with Crippen molar-refractivity contribution in [1.29, 1.82) is 0 Å². The van der Waals surface area contributed by atoms with Gasteiger partial charge >= 0.3 is 11.9 Å². The van der Waals surface area contributed by atoms with Gasteiger partial charge in [0.15, 0.2) is 5.13 Å². The van der Waals surface area contributed by atoms with Crippen LogP contribution < -0.4 is 5.32 Å². The first kappa shape index (κ1) is 18.6. The minimum atomic E-state index is -1.38. The molecule has 1 atom stereocenters. The molecular formula is C13H17N3O6S. The smallest absolute Gasteiger partial charge is 0.360 e. The molecule has 0 aliphatic heterocycles. The van der Waals surface area contributed by atoms with Crippen LogP contribution in [0.2, 0.25) is 0 Å². The predicted octanol–water partition coefficient (Wildman–Crippen LogP) is 1.25. The lowest BCUT2D eigenvalue weighted by Crippen LogP contribution is -2.31. The van der Waals surface area contributed by atoms with Gasteiger partial charge in [-0.15, -0.1) is 11.3 Å². The first-order valence-corrected chi connectivity index (χ1v) is 7.38. The molecule has 0 aliphatic carbocycles. The zero-order valence-corrected chi connectivity index (χ0v) is 13.8. The summed E-state index contributed by atoms with van der Waals surface area (Å²) in [7, 11) is 0. The molecule has 0 saturated heterocycles. The number of carbonyl (C=O) groups excluding carboxylic acids is 2. The van der Waals surface area contributed by atoms with Crippen LogP contribution in [0.3, 0.4) is 0 Å². The molecule has 0 aliphatic rings. The van der Waals surface area contributed by atoms with Crippen molar-refractivity contribution in [1.82, 2.24) is 4.98 Å². The number of rotatable bonds is 7. The molecule has 1 amide bonds. The largest absolute Gasteiger partial charge is 0.476 e. The summed E-state index contributed by atoms with van der Waals surface area (Å²) >= 11 is 1.02. The van der Waals surface area contributed by atoms with Gasteiger partial charge < -0.3 is 20.0 Å². The monoisotopic (exact) mass is 343 g/mol. The summed E-state index contributed by atoms with van der Waals surface area (Å²) in [4.78, 5) is 42.1. The van der Waals surface area contributed by atoms with Gasteiger partial charge in [0.1, 0.15) is 11.3 Å². The van der Waals surface area contributed by atoms with Crippen LogP contribution >= 0.6 is 11.3 Å². The molecule has 1 aromatic heterocycles. The van der Waals surface area contributed by atoms with Gasteiger partial charge in [-0.05, 0) is 27.7 Å². The Morgan fingerprint density at radius 2 is 2.13 bits per heavy atom. The van der Waals surface area contributed by atoms with E-state index in [1.807, 2.05) is 0 Å². The Labute approximate surface area is 136 Å². The normalized spacial score (nSPS) is 13.1. The van der Waals surface area contributed by atoms with Gasteiger partial charge in [0.05, 0.1) is 0 Å². The Morgan fingerprint density at radius 3 is 2.65 bits per heavy atom. The second-order valence-electron chi connectivity index (χ2n) is 5.33. The average Bonchev–Trinajstić information content (AvgIpc) is 2.85. The first-order valence-electron chi connectivity index (χ1n) is 6.50. The van der Waals surface area contributed by atoms with Crippen LogP contribution in [-0.2, 0) is 24.0 Å². The Morgan fingerprint density at radius 1 is 1.48 bits per heavy atom. The number of nitrogens with one attached hydrogen (secondary N) is 1. The summed E-state index contributed by atoms with van der Waals surface area (Å²) in [6.07, 6.45) is -0.670. The van der Waals surface area contributed by atoms with Crippen molar-refractivity contribution in [3.8, 4) is 0 Å². The van der Waals surface area contributed by atoms with Crippen molar-refractivity contribution in [3.63, 3.8) is 0 Å². The molecule has 9 nitrogen and oxygen atoms in total. The van der Waals surface area contributed by atoms with Crippen LogP contribution in [0.4, 0.5) is 5.13 Å². The van der Waals surface area contributed by atoms with Crippen molar-refractivity contribution in [2.45, 2.75) is 39.4 Å². The maximum absolute atomic E-state index is 11.7. The summed E-state index contributed by atoms with van der Waals surface area (Å²) in [5, 5.41) is 16.5. The van der Waals surface area contributed by atoms with Crippen LogP contribution in [0.5, 0.6) is 0 Å². The zero-order valence-electron chi connectivity index (χ0n) is 13.0. The minimum Gasteiger partial charge on any atom is -0.476 e. The second kappa shape index (κ2) is 7.68. The highest BCUT2D eigenvalue weighted by Gasteiger charge is 2.24. The highest BCUT2D eigenvalue weighted by Crippen LogP contribution is 2.16. The van der Waals surface area contributed by atoms with E-state index in [0.29, 0.717) is 6.41 Å². The molecule has 2 N–H and O–H groups in total. The summed E-state index contributed by atoms with van der Waals surface area (Å²) in [6, 6.07) is 0. The van der Waals surface area contributed by atoms with E-state index in [1.54, 1.807) is 20.8 Å². The molecule has 0 bridgehead atoms. The zero-order chi connectivity index (χ0) is 17.6. The molecule has 0 spiro atoms. The Bertz CT molecular complexity index is 619. The molecule has 1 heterocycles. The molecular weight excluding hydrogens is 326 g/mol. The highest BCUT2D eigenvalue weighted by atomic mass is 32.1. The van der Waals surface area contributed by atoms with Crippen molar-refractivity contribution < 1.29 is 29.1 Å². The maximum Gasteiger partial charge on any atom is 0.360 e. The lowest BCUT2D eigenvalue weighted by molar-refractivity contribution is -0.167. The van der Waals surface area contributed by atoms with Gasteiger partial charge in [-0.1, -0.05) is 5.16 Å². The number of carboxylic acids is 1. The van der Waals surface area contributed by atoms with Crippen molar-refractivity contribution in [3.05, 3.63) is 11.1 Å². The fourth-order valence-corrected chi connectivity index (χ4v) is 1.91. The van der Waals surface area contributed by atoms with Gasteiger partial charge in [0.2, 0.25) is 18.2 Å². The van der Waals surface area contributed by atoms with Gasteiger partial charge in [-0.2, -0.15) is 0 Å². The van der Waals surface area contributed by atoms with Crippen LogP contribution in [0.15, 0.2) is 10.5 Å². The van der Waals surface area contributed by atoms with Gasteiger partial charge in [0, 0.05) is 5.38 Å². The van der Waals surface area contributed by atoms with E-state index in [0.717, 1.165) is 11.3 Å². The lowest BCUT2D eigenvalue weighted by atomic mass is 10.2. The minimum absolute atomic E-state index is 0.00300. The highest BCUT2D eigenvalue weighted by molar-refractivity contribution is 7.14. The van der Waals surface area contributed by atoms with E-state index in [1.165, 1.54) is 12.3 Å². The third-order valence-electron chi connectivity index (χ3n) is 2.17. The third kappa shape index (κ3) is 6.02. The number of anilines is 1. The molecule has 126 valence electrons. The molecule has 10 heteroatoms. The molecule has 0 radical (unpaired) electrons. The predicted molar refractivity (Wildman–Crippen MR) is 82.4 cm³/mol. The number of hydrogen-bond donors (Lipinski definition) is 2. The van der Waals surface area contributed by atoms with E-state index in [4.69, 9.17) is 14.7 Å². The fraction of sp³-hybridized carbons (Fsp3) is 0.462. The molecule has 23 heavy (non-hydrogen) atoms. The van der Waals surface area contributed by atoms with Crippen LogP contribution in [0.25, 0.3) is 0 Å². The van der Waals surface area contributed by atoms with E-state index in [9.17, 15) is 14.4 Å². The van der Waals surface area contributed by atoms with Crippen molar-refractivity contribution in [2.24, 2.45) is 5.16 Å². The molecule has 1 rings (SSSR count). The number of ether oxygens (including phenoxy) is 1. The number of thiazole rings is 1. The standard InChI is InChI=1S/C13H17N3O6S/c1-7(11(20)21-13(2,3)4)22-16-9(10(18)19)8-5-23-12(15-8)14-6-17/h5-7H,1-4H3,(H,18,19)(H,14,15,17)/b16-9-. The average molecular weight is 343 g/mol. The van der Waals surface area contributed by atoms with Crippen LogP contribution in [0, 0.1) is 0 Å².